The van der Waals surface area contributed by atoms with Crippen LogP contribution in [-0.2, 0) is 0 Å². The average molecular weight is 140 g/mol. The van der Waals surface area contributed by atoms with E-state index in [-0.39, 0.29) is 0 Å². The second-order valence-corrected chi connectivity index (χ2v) is 2.71. The molecule has 2 nitrogen and oxygen atoms in total. The molecule has 1 heterocycles. The highest BCUT2D eigenvalue weighted by Gasteiger charge is 2.13. The first-order chi connectivity index (χ1) is 4.84. The van der Waals surface area contributed by atoms with E-state index in [0.717, 1.165) is 12.4 Å². The number of nitrogens with zero attached hydrogens (tertiary/aromatic N) is 1. The lowest BCUT2D eigenvalue weighted by molar-refractivity contribution is 0.223. The van der Waals surface area contributed by atoms with Crippen LogP contribution in [0.1, 0.15) is 19.8 Å². The van der Waals surface area contributed by atoms with Gasteiger partial charge in [0.2, 0.25) is 0 Å². The monoisotopic (exact) mass is 140 g/mol. The molecule has 0 aromatic rings. The average Bonchev–Trinajstić information content (AvgIpc) is 1.79. The third-order valence-electron chi connectivity index (χ3n) is 1.82. The van der Waals surface area contributed by atoms with Gasteiger partial charge in [0.1, 0.15) is 0 Å². The van der Waals surface area contributed by atoms with E-state index in [4.69, 9.17) is 0 Å². The second kappa shape index (κ2) is 3.49. The summed E-state index contributed by atoms with van der Waals surface area (Å²) in [6.45, 7) is 9.52. The van der Waals surface area contributed by atoms with Crippen LogP contribution in [0.2, 0.25) is 0 Å². The Morgan fingerprint density at radius 3 is 2.70 bits per heavy atom. The third-order valence-corrected chi connectivity index (χ3v) is 1.82. The summed E-state index contributed by atoms with van der Waals surface area (Å²) in [5.41, 5.74) is 0. The van der Waals surface area contributed by atoms with Crippen molar-refractivity contribution in [2.45, 2.75) is 19.8 Å². The van der Waals surface area contributed by atoms with Crippen molar-refractivity contribution in [3.63, 3.8) is 0 Å². The van der Waals surface area contributed by atoms with Crippen LogP contribution in [0.3, 0.4) is 0 Å². The molecular formula is C8H16N2. The topological polar surface area (TPSA) is 15.3 Å². The first-order valence-electron chi connectivity index (χ1n) is 4.02. The van der Waals surface area contributed by atoms with Crippen LogP contribution in [0.4, 0.5) is 0 Å². The second-order valence-electron chi connectivity index (χ2n) is 2.71. The van der Waals surface area contributed by atoms with Crippen LogP contribution in [-0.4, -0.2) is 24.5 Å². The molecule has 0 spiro atoms. The van der Waals surface area contributed by atoms with Crippen LogP contribution >= 0.6 is 0 Å². The molecule has 0 saturated carbocycles. The molecule has 1 fully saturated rings. The zero-order chi connectivity index (χ0) is 7.40. The first kappa shape index (κ1) is 7.45. The van der Waals surface area contributed by atoms with Gasteiger partial charge < -0.3 is 10.2 Å². The molecule has 0 atom stereocenters. The molecule has 0 unspecified atom stereocenters. The van der Waals surface area contributed by atoms with E-state index in [1.165, 1.54) is 25.9 Å². The number of nitrogens with one attached hydrogen (secondary N) is 1. The van der Waals surface area contributed by atoms with Crippen molar-refractivity contribution >= 4 is 0 Å². The van der Waals surface area contributed by atoms with Gasteiger partial charge in [-0.1, -0.05) is 13.5 Å². The molecule has 1 N–H and O–H groups in total. The predicted octanol–water partition coefficient (Wildman–Crippen LogP) is 1.16. The molecular weight excluding hydrogens is 124 g/mol. The minimum atomic E-state index is 1.05. The van der Waals surface area contributed by atoms with E-state index in [1.54, 1.807) is 0 Å². The van der Waals surface area contributed by atoms with Crippen molar-refractivity contribution in [1.29, 1.82) is 0 Å². The predicted molar refractivity (Wildman–Crippen MR) is 43.6 cm³/mol. The Kier molecular flexibility index (Phi) is 2.60. The molecule has 2 heteroatoms. The molecule has 10 heavy (non-hydrogen) atoms. The molecule has 1 rings (SSSR count). The van der Waals surface area contributed by atoms with Crippen LogP contribution < -0.4 is 5.32 Å². The molecule has 0 radical (unpaired) electrons. The van der Waals surface area contributed by atoms with Crippen molar-refractivity contribution in [3.8, 4) is 0 Å². The molecule has 0 amide bonds. The SMILES string of the molecule is C=C(NCCC)N1CCC1. The van der Waals surface area contributed by atoms with Gasteiger partial charge >= 0.3 is 0 Å². The normalized spacial score (nSPS) is 16.3. The summed E-state index contributed by atoms with van der Waals surface area (Å²) in [7, 11) is 0. The van der Waals surface area contributed by atoms with E-state index in [9.17, 15) is 0 Å². The number of likely N-dealkylation sites (tertiary alicyclic amines) is 1. The fraction of sp³-hybridized carbons (Fsp3) is 0.750. The first-order valence-corrected chi connectivity index (χ1v) is 4.02. The lowest BCUT2D eigenvalue weighted by atomic mass is 10.2. The number of hydrogen-bond donors (Lipinski definition) is 1. The van der Waals surface area contributed by atoms with Gasteiger partial charge in [-0.3, -0.25) is 0 Å². The standard InChI is InChI=1S/C8H16N2/c1-3-5-9-8(2)10-6-4-7-10/h9H,2-7H2,1H3. The van der Waals surface area contributed by atoms with Crippen LogP contribution in [0, 0.1) is 0 Å². The minimum absolute atomic E-state index is 1.05. The molecule has 1 aliphatic heterocycles. The lowest BCUT2D eigenvalue weighted by Crippen LogP contribution is -2.41. The van der Waals surface area contributed by atoms with Crippen LogP contribution in [0.25, 0.3) is 0 Å². The minimum Gasteiger partial charge on any atom is -0.372 e. The van der Waals surface area contributed by atoms with E-state index < -0.39 is 0 Å². The van der Waals surface area contributed by atoms with Gasteiger partial charge in [-0.2, -0.15) is 0 Å². The largest absolute Gasteiger partial charge is 0.372 e. The Hall–Kier alpha value is -0.660. The Balaban J connectivity index is 2.08. The lowest BCUT2D eigenvalue weighted by Gasteiger charge is -2.34. The fourth-order valence-corrected chi connectivity index (χ4v) is 0.967. The van der Waals surface area contributed by atoms with Crippen LogP contribution in [0.15, 0.2) is 12.4 Å². The number of hydrogen-bond acceptors (Lipinski definition) is 2. The van der Waals surface area contributed by atoms with Crippen molar-refractivity contribution < 1.29 is 0 Å². The Bertz CT molecular complexity index is 116. The van der Waals surface area contributed by atoms with Gasteiger partial charge in [-0.15, -0.1) is 0 Å². The molecule has 58 valence electrons. The van der Waals surface area contributed by atoms with Crippen molar-refractivity contribution in [2.75, 3.05) is 19.6 Å². The summed E-state index contributed by atoms with van der Waals surface area (Å²) in [6, 6.07) is 0. The van der Waals surface area contributed by atoms with Gasteiger partial charge in [-0.25, -0.2) is 0 Å². The Morgan fingerprint density at radius 1 is 1.60 bits per heavy atom. The summed E-state index contributed by atoms with van der Waals surface area (Å²) in [5, 5.41) is 3.27. The smallest absolute Gasteiger partial charge is 0.0938 e. The summed E-state index contributed by atoms with van der Waals surface area (Å²) in [4.78, 5) is 2.27. The molecule has 0 aromatic carbocycles. The summed E-state index contributed by atoms with van der Waals surface area (Å²) in [6.07, 6.45) is 2.50. The Labute approximate surface area is 62.9 Å². The van der Waals surface area contributed by atoms with Gasteiger partial charge in [-0.05, 0) is 12.8 Å². The van der Waals surface area contributed by atoms with E-state index in [2.05, 4.69) is 23.7 Å². The molecule has 1 aliphatic rings. The third kappa shape index (κ3) is 1.66. The highest BCUT2D eigenvalue weighted by atomic mass is 15.3. The highest BCUT2D eigenvalue weighted by molar-refractivity contribution is 4.94. The van der Waals surface area contributed by atoms with Gasteiger partial charge in [0.25, 0.3) is 0 Å². The molecule has 0 aliphatic carbocycles. The van der Waals surface area contributed by atoms with E-state index in [1.807, 2.05) is 0 Å². The summed E-state index contributed by atoms with van der Waals surface area (Å²) < 4.78 is 0. The zero-order valence-electron chi connectivity index (χ0n) is 6.69. The van der Waals surface area contributed by atoms with Crippen molar-refractivity contribution in [3.05, 3.63) is 12.4 Å². The van der Waals surface area contributed by atoms with Gasteiger partial charge in [0, 0.05) is 19.6 Å². The van der Waals surface area contributed by atoms with Crippen molar-refractivity contribution in [2.24, 2.45) is 0 Å². The van der Waals surface area contributed by atoms with Crippen LogP contribution in [0.5, 0.6) is 0 Å². The van der Waals surface area contributed by atoms with Gasteiger partial charge in [0.15, 0.2) is 0 Å². The van der Waals surface area contributed by atoms with Gasteiger partial charge in [0.05, 0.1) is 5.82 Å². The maximum atomic E-state index is 3.93. The zero-order valence-corrected chi connectivity index (χ0v) is 6.69. The van der Waals surface area contributed by atoms with E-state index >= 15 is 0 Å². The highest BCUT2D eigenvalue weighted by Crippen LogP contribution is 2.09. The summed E-state index contributed by atoms with van der Waals surface area (Å²) in [5.74, 6) is 1.10. The summed E-state index contributed by atoms with van der Waals surface area (Å²) >= 11 is 0. The molecule has 0 bridgehead atoms. The molecule has 0 aromatic heterocycles. The Morgan fingerprint density at radius 2 is 2.30 bits per heavy atom. The number of rotatable bonds is 4. The maximum Gasteiger partial charge on any atom is 0.0938 e. The maximum absolute atomic E-state index is 3.93. The van der Waals surface area contributed by atoms with E-state index in [0.29, 0.717) is 0 Å². The van der Waals surface area contributed by atoms with Crippen molar-refractivity contribution in [1.82, 2.24) is 10.2 Å². The quantitative estimate of drug-likeness (QED) is 0.630. The fourth-order valence-electron chi connectivity index (χ4n) is 0.967. The molecule has 1 saturated heterocycles.